The maximum Gasteiger partial charge on any atom is 0.427 e. The number of ketones is 1. The molecule has 1 aromatic heterocycles. The van der Waals surface area contributed by atoms with E-state index in [1.54, 1.807) is 13.8 Å². The molecule has 1 fully saturated rings. The van der Waals surface area contributed by atoms with Crippen LogP contribution in [0.3, 0.4) is 0 Å². The van der Waals surface area contributed by atoms with E-state index < -0.39 is 34.0 Å². The minimum atomic E-state index is -4.81. The van der Waals surface area contributed by atoms with Gasteiger partial charge in [-0.1, -0.05) is 0 Å². The molecule has 0 saturated heterocycles. The number of sulfonamides is 1. The van der Waals surface area contributed by atoms with Crippen molar-refractivity contribution >= 4 is 33.3 Å². The number of aromatic nitrogens is 2. The number of anilines is 2. The van der Waals surface area contributed by atoms with E-state index in [1.165, 1.54) is 36.0 Å². The SMILES string of the molecule is CCOc1nn(CC)cc1S(=O)(=O)N1CC(CC(C(C)=O)C2CC2)Oc2ccc(NC(=O)OC(C)(C)C(F)(F)F)cc21. The van der Waals surface area contributed by atoms with Gasteiger partial charge in [-0.3, -0.25) is 19.1 Å². The van der Waals surface area contributed by atoms with Crippen molar-refractivity contribution in [3.8, 4) is 11.6 Å². The second-order valence-corrected chi connectivity index (χ2v) is 12.7. The van der Waals surface area contributed by atoms with Crippen molar-refractivity contribution in [3.63, 3.8) is 0 Å². The summed E-state index contributed by atoms with van der Waals surface area (Å²) in [5, 5.41) is 6.45. The number of Topliss-reactive ketones (excluding diaryl/α,β-unsaturated/α-hetero) is 1. The van der Waals surface area contributed by atoms with E-state index in [0.717, 1.165) is 17.1 Å². The Morgan fingerprint density at radius 2 is 1.90 bits per heavy atom. The molecule has 2 atom stereocenters. The van der Waals surface area contributed by atoms with Crippen molar-refractivity contribution in [1.82, 2.24) is 9.78 Å². The van der Waals surface area contributed by atoms with Crippen LogP contribution in [0, 0.1) is 11.8 Å². The zero-order chi connectivity index (χ0) is 31.0. The number of carbonyl (C=O) groups excluding carboxylic acids is 2. The number of amides is 1. The van der Waals surface area contributed by atoms with Crippen LogP contribution in [0.4, 0.5) is 29.3 Å². The molecule has 2 unspecified atom stereocenters. The number of fused-ring (bicyclic) bond motifs is 1. The average Bonchev–Trinajstić information content (AvgIpc) is 3.64. The van der Waals surface area contributed by atoms with Gasteiger partial charge in [0.1, 0.15) is 17.6 Å². The lowest BCUT2D eigenvalue weighted by Crippen LogP contribution is -2.45. The van der Waals surface area contributed by atoms with Crippen LogP contribution in [-0.4, -0.2) is 61.1 Å². The molecule has 2 heterocycles. The van der Waals surface area contributed by atoms with E-state index in [4.69, 9.17) is 9.47 Å². The Kier molecular flexibility index (Phi) is 8.72. The van der Waals surface area contributed by atoms with Gasteiger partial charge in [-0.2, -0.15) is 13.2 Å². The van der Waals surface area contributed by atoms with Gasteiger partial charge in [0.2, 0.25) is 5.60 Å². The maximum atomic E-state index is 14.2. The third kappa shape index (κ3) is 6.60. The number of hydrogen-bond acceptors (Lipinski definition) is 8. The highest BCUT2D eigenvalue weighted by Gasteiger charge is 2.51. The van der Waals surface area contributed by atoms with Crippen molar-refractivity contribution < 1.29 is 45.4 Å². The molecule has 1 aliphatic carbocycles. The Morgan fingerprint density at radius 1 is 1.21 bits per heavy atom. The molecule has 11 nitrogen and oxygen atoms in total. The summed E-state index contributed by atoms with van der Waals surface area (Å²) < 4.78 is 86.7. The maximum absolute atomic E-state index is 14.2. The molecule has 0 radical (unpaired) electrons. The Labute approximate surface area is 242 Å². The van der Waals surface area contributed by atoms with E-state index in [0.29, 0.717) is 26.8 Å². The predicted molar refractivity (Wildman–Crippen MR) is 146 cm³/mol. The van der Waals surface area contributed by atoms with Gasteiger partial charge < -0.3 is 14.2 Å². The average molecular weight is 617 g/mol. The Bertz CT molecular complexity index is 1440. The first-order valence-corrected chi connectivity index (χ1v) is 15.1. The predicted octanol–water partition coefficient (Wildman–Crippen LogP) is 5.15. The molecule has 232 valence electrons. The lowest BCUT2D eigenvalue weighted by molar-refractivity contribution is -0.242. The number of nitrogens with one attached hydrogen (secondary N) is 1. The van der Waals surface area contributed by atoms with Gasteiger partial charge in [-0.05, 0) is 78.0 Å². The number of nitrogens with zero attached hydrogens (tertiary/aromatic N) is 3. The molecule has 1 saturated carbocycles. The summed E-state index contributed by atoms with van der Waals surface area (Å²) in [7, 11) is -4.34. The molecule has 15 heteroatoms. The number of hydrogen-bond donors (Lipinski definition) is 1. The lowest BCUT2D eigenvalue weighted by Gasteiger charge is -2.36. The topological polar surface area (TPSA) is 129 Å². The van der Waals surface area contributed by atoms with Crippen molar-refractivity contribution in [2.45, 2.75) is 83.2 Å². The standard InChI is InChI=1S/C27H35F3N4O7S/c1-6-33-15-23(24(32-33)39-7-2)42(37,38)34-14-19(13-20(16(3)35)17-8-9-17)40-22-11-10-18(12-21(22)34)31-25(36)41-26(4,5)27(28,29)30/h10-12,15,17,19-20H,6-9,13-14H2,1-5H3,(H,31,36). The molecule has 0 spiro atoms. The number of benzene rings is 1. The molecule has 0 bridgehead atoms. The van der Waals surface area contributed by atoms with Gasteiger partial charge in [0.15, 0.2) is 4.90 Å². The van der Waals surface area contributed by atoms with E-state index in [2.05, 4.69) is 15.2 Å². The van der Waals surface area contributed by atoms with Gasteiger partial charge in [0.25, 0.3) is 15.9 Å². The normalized spacial score (nSPS) is 18.1. The fourth-order valence-corrected chi connectivity index (χ4v) is 6.30. The Morgan fingerprint density at radius 3 is 2.48 bits per heavy atom. The van der Waals surface area contributed by atoms with Crippen molar-refractivity contribution in [3.05, 3.63) is 24.4 Å². The third-order valence-electron chi connectivity index (χ3n) is 7.27. The highest BCUT2D eigenvalue weighted by atomic mass is 32.2. The van der Waals surface area contributed by atoms with Gasteiger partial charge in [-0.25, -0.2) is 13.2 Å². The highest BCUT2D eigenvalue weighted by molar-refractivity contribution is 7.93. The first-order valence-electron chi connectivity index (χ1n) is 13.7. The number of ether oxygens (including phenoxy) is 3. The summed E-state index contributed by atoms with van der Waals surface area (Å²) in [5.41, 5.74) is -2.74. The zero-order valence-electron chi connectivity index (χ0n) is 24.0. The molecule has 4 rings (SSSR count). The quantitative estimate of drug-likeness (QED) is 0.367. The van der Waals surface area contributed by atoms with Crippen molar-refractivity contribution in [2.75, 3.05) is 22.8 Å². The molecule has 2 aliphatic rings. The first-order chi connectivity index (χ1) is 19.6. The first kappa shape index (κ1) is 31.4. The molecular weight excluding hydrogens is 581 g/mol. The molecule has 1 aliphatic heterocycles. The monoisotopic (exact) mass is 616 g/mol. The summed E-state index contributed by atoms with van der Waals surface area (Å²) in [6.45, 7) is 6.80. The summed E-state index contributed by atoms with van der Waals surface area (Å²) in [6.07, 6.45) is -3.37. The van der Waals surface area contributed by atoms with Crippen LogP contribution in [0.15, 0.2) is 29.3 Å². The second kappa shape index (κ2) is 11.7. The van der Waals surface area contributed by atoms with Gasteiger partial charge in [-0.15, -0.1) is 5.10 Å². The molecule has 1 N–H and O–H groups in total. The summed E-state index contributed by atoms with van der Waals surface area (Å²) in [6, 6.07) is 4.05. The third-order valence-corrected chi connectivity index (χ3v) is 9.03. The number of aryl methyl sites for hydroxylation is 1. The number of alkyl halides is 3. The lowest BCUT2D eigenvalue weighted by atomic mass is 9.92. The minimum Gasteiger partial charge on any atom is -0.486 e. The Balaban J connectivity index is 1.71. The fourth-order valence-electron chi connectivity index (χ4n) is 4.72. The van der Waals surface area contributed by atoms with Crippen LogP contribution in [-0.2, 0) is 26.1 Å². The van der Waals surface area contributed by atoms with Crippen LogP contribution in [0.5, 0.6) is 11.6 Å². The van der Waals surface area contributed by atoms with E-state index >= 15 is 0 Å². The highest BCUT2D eigenvalue weighted by Crippen LogP contribution is 2.44. The summed E-state index contributed by atoms with van der Waals surface area (Å²) in [5.74, 6) is 0.0159. The largest absolute Gasteiger partial charge is 0.486 e. The molecule has 1 aromatic carbocycles. The summed E-state index contributed by atoms with van der Waals surface area (Å²) >= 11 is 0. The van der Waals surface area contributed by atoms with Crippen LogP contribution < -0.4 is 19.1 Å². The molecular formula is C27H35F3N4O7S. The number of halogens is 3. The Hall–Kier alpha value is -3.49. The zero-order valence-corrected chi connectivity index (χ0v) is 24.8. The molecule has 1 amide bonds. The van der Waals surface area contributed by atoms with E-state index in [-0.39, 0.29) is 58.7 Å². The van der Waals surface area contributed by atoms with Crippen LogP contribution in [0.2, 0.25) is 0 Å². The van der Waals surface area contributed by atoms with Gasteiger partial charge in [0.05, 0.1) is 18.8 Å². The van der Waals surface area contributed by atoms with E-state index in [9.17, 15) is 31.2 Å². The second-order valence-electron chi connectivity index (χ2n) is 10.9. The fraction of sp³-hybridized carbons (Fsp3) is 0.593. The molecule has 2 aromatic rings. The van der Waals surface area contributed by atoms with Crippen LogP contribution in [0.1, 0.15) is 53.9 Å². The van der Waals surface area contributed by atoms with E-state index in [1.807, 2.05) is 0 Å². The minimum absolute atomic E-state index is 0.00370. The molecule has 42 heavy (non-hydrogen) atoms. The van der Waals surface area contributed by atoms with Crippen LogP contribution >= 0.6 is 0 Å². The van der Waals surface area contributed by atoms with Gasteiger partial charge in [0, 0.05) is 24.3 Å². The number of carbonyl (C=O) groups is 2. The summed E-state index contributed by atoms with van der Waals surface area (Å²) in [4.78, 5) is 24.5. The van der Waals surface area contributed by atoms with Crippen molar-refractivity contribution in [1.29, 1.82) is 0 Å². The van der Waals surface area contributed by atoms with Crippen LogP contribution in [0.25, 0.3) is 0 Å². The number of rotatable bonds is 11. The van der Waals surface area contributed by atoms with Crippen molar-refractivity contribution in [2.24, 2.45) is 11.8 Å². The smallest absolute Gasteiger partial charge is 0.427 e. The van der Waals surface area contributed by atoms with Gasteiger partial charge >= 0.3 is 12.3 Å².